The number of hydrogen-bond donors (Lipinski definition) is 2. The first-order valence-corrected chi connectivity index (χ1v) is 9.77. The number of alkyl halides is 2. The van der Waals surface area contributed by atoms with Crippen LogP contribution in [0.5, 0.6) is 5.75 Å². The lowest BCUT2D eigenvalue weighted by atomic mass is 10.1. The number of hydrogen-bond acceptors (Lipinski definition) is 3. The van der Waals surface area contributed by atoms with Crippen molar-refractivity contribution in [3.8, 4) is 5.75 Å². The SMILES string of the molecule is CC[NH+](CC(=O)NCCc1ccc(OC(F)F)cc1)Cc1ccc(N(C)C)cc1. The standard InChI is InChI=1S/C22H29F2N3O2/c1-4-27(15-18-5-9-19(10-6-18)26(2)3)16-21(28)25-14-13-17-7-11-20(12-8-17)29-22(23)24/h5-12,22H,4,13-16H2,1-3H3,(H,25,28)/p+1. The summed E-state index contributed by atoms with van der Waals surface area (Å²) in [7, 11) is 4.02. The molecule has 1 amide bonds. The monoisotopic (exact) mass is 406 g/mol. The molecular weight excluding hydrogens is 376 g/mol. The molecule has 29 heavy (non-hydrogen) atoms. The van der Waals surface area contributed by atoms with Crippen molar-refractivity contribution in [1.29, 1.82) is 0 Å². The third-order valence-electron chi connectivity index (χ3n) is 4.70. The first kappa shape index (κ1) is 22.6. The zero-order chi connectivity index (χ0) is 21.2. The number of amides is 1. The molecule has 2 N–H and O–H groups in total. The summed E-state index contributed by atoms with van der Waals surface area (Å²) < 4.78 is 28.6. The molecule has 0 saturated heterocycles. The summed E-state index contributed by atoms with van der Waals surface area (Å²) in [5.41, 5.74) is 3.30. The van der Waals surface area contributed by atoms with E-state index in [0.29, 0.717) is 19.5 Å². The Bertz CT molecular complexity index is 750. The van der Waals surface area contributed by atoms with E-state index in [4.69, 9.17) is 0 Å². The fraction of sp³-hybridized carbons (Fsp3) is 0.409. The number of halogens is 2. The van der Waals surface area contributed by atoms with Gasteiger partial charge in [0.15, 0.2) is 6.54 Å². The summed E-state index contributed by atoms with van der Waals surface area (Å²) in [4.78, 5) is 15.5. The predicted molar refractivity (Wildman–Crippen MR) is 111 cm³/mol. The zero-order valence-electron chi connectivity index (χ0n) is 17.3. The smallest absolute Gasteiger partial charge is 0.387 e. The van der Waals surface area contributed by atoms with Crippen LogP contribution in [0.2, 0.25) is 0 Å². The molecule has 2 rings (SSSR count). The molecule has 2 aromatic carbocycles. The number of carbonyl (C=O) groups is 1. The van der Waals surface area contributed by atoms with Crippen LogP contribution in [0.4, 0.5) is 14.5 Å². The van der Waals surface area contributed by atoms with Crippen LogP contribution in [0.25, 0.3) is 0 Å². The van der Waals surface area contributed by atoms with Gasteiger partial charge in [0.05, 0.1) is 6.54 Å². The van der Waals surface area contributed by atoms with Gasteiger partial charge < -0.3 is 19.9 Å². The second-order valence-electron chi connectivity index (χ2n) is 7.14. The first-order valence-electron chi connectivity index (χ1n) is 9.77. The summed E-state index contributed by atoms with van der Waals surface area (Å²) in [6.07, 6.45) is 0.633. The van der Waals surface area contributed by atoms with Crippen molar-refractivity contribution < 1.29 is 23.2 Å². The lowest BCUT2D eigenvalue weighted by molar-refractivity contribution is -0.904. The van der Waals surface area contributed by atoms with E-state index >= 15 is 0 Å². The molecule has 158 valence electrons. The Morgan fingerprint density at radius 1 is 1.07 bits per heavy atom. The highest BCUT2D eigenvalue weighted by Gasteiger charge is 2.13. The van der Waals surface area contributed by atoms with E-state index in [2.05, 4.69) is 46.1 Å². The first-order chi connectivity index (χ1) is 13.9. The summed E-state index contributed by atoms with van der Waals surface area (Å²) in [5, 5.41) is 2.93. The van der Waals surface area contributed by atoms with Crippen molar-refractivity contribution in [3.05, 3.63) is 59.7 Å². The topological polar surface area (TPSA) is 46.0 Å². The molecule has 0 radical (unpaired) electrons. The van der Waals surface area contributed by atoms with Crippen LogP contribution in [-0.4, -0.2) is 46.2 Å². The summed E-state index contributed by atoms with van der Waals surface area (Å²) in [6, 6.07) is 14.8. The Hall–Kier alpha value is -2.67. The number of likely N-dealkylation sites (N-methyl/N-ethyl adjacent to an activating group) is 1. The maximum Gasteiger partial charge on any atom is 0.387 e. The number of nitrogens with one attached hydrogen (secondary N) is 2. The molecule has 0 fully saturated rings. The number of anilines is 1. The lowest BCUT2D eigenvalue weighted by Gasteiger charge is -2.18. The Balaban J connectivity index is 1.75. The average molecular weight is 406 g/mol. The molecule has 5 nitrogen and oxygen atoms in total. The van der Waals surface area contributed by atoms with Gasteiger partial charge in [-0.05, 0) is 43.2 Å². The Kier molecular flexibility index (Phi) is 8.86. The van der Waals surface area contributed by atoms with Crippen molar-refractivity contribution in [2.75, 3.05) is 38.6 Å². The van der Waals surface area contributed by atoms with Gasteiger partial charge in [-0.25, -0.2) is 0 Å². The van der Waals surface area contributed by atoms with Crippen molar-refractivity contribution in [1.82, 2.24) is 5.32 Å². The summed E-state index contributed by atoms with van der Waals surface area (Å²) in [5.74, 6) is 0.137. The number of carbonyl (C=O) groups excluding carboxylic acids is 1. The maximum atomic E-state index is 12.3. The molecule has 0 bridgehead atoms. The van der Waals surface area contributed by atoms with Gasteiger partial charge in [0.25, 0.3) is 5.91 Å². The third kappa shape index (κ3) is 8.07. The van der Waals surface area contributed by atoms with E-state index in [1.807, 2.05) is 14.1 Å². The highest BCUT2D eigenvalue weighted by Crippen LogP contribution is 2.15. The van der Waals surface area contributed by atoms with Gasteiger partial charge in [-0.2, -0.15) is 8.78 Å². The van der Waals surface area contributed by atoms with E-state index in [0.717, 1.165) is 24.3 Å². The highest BCUT2D eigenvalue weighted by molar-refractivity contribution is 5.76. The molecule has 2 aromatic rings. The Morgan fingerprint density at radius 3 is 2.24 bits per heavy atom. The Labute approximate surface area is 171 Å². The zero-order valence-corrected chi connectivity index (χ0v) is 17.3. The van der Waals surface area contributed by atoms with E-state index in [9.17, 15) is 13.6 Å². The van der Waals surface area contributed by atoms with Crippen LogP contribution in [-0.2, 0) is 17.8 Å². The van der Waals surface area contributed by atoms with Crippen LogP contribution >= 0.6 is 0 Å². The van der Waals surface area contributed by atoms with Crippen LogP contribution in [0.15, 0.2) is 48.5 Å². The molecule has 0 aliphatic heterocycles. The summed E-state index contributed by atoms with van der Waals surface area (Å²) >= 11 is 0. The third-order valence-corrected chi connectivity index (χ3v) is 4.70. The van der Waals surface area contributed by atoms with Gasteiger partial charge in [-0.3, -0.25) is 4.79 Å². The van der Waals surface area contributed by atoms with Gasteiger partial charge in [-0.1, -0.05) is 24.3 Å². The van der Waals surface area contributed by atoms with Gasteiger partial charge in [0.2, 0.25) is 0 Å². The van der Waals surface area contributed by atoms with Crippen LogP contribution in [0.3, 0.4) is 0 Å². The number of ether oxygens (including phenoxy) is 1. The van der Waals surface area contributed by atoms with Crippen molar-refractivity contribution in [3.63, 3.8) is 0 Å². The van der Waals surface area contributed by atoms with Gasteiger partial charge in [0, 0.05) is 31.9 Å². The van der Waals surface area contributed by atoms with Crippen molar-refractivity contribution >= 4 is 11.6 Å². The molecule has 1 atom stereocenters. The number of nitrogens with zero attached hydrogens (tertiary/aromatic N) is 1. The minimum atomic E-state index is -2.82. The van der Waals surface area contributed by atoms with Crippen LogP contribution in [0.1, 0.15) is 18.1 Å². The number of quaternary nitrogens is 1. The van der Waals surface area contributed by atoms with E-state index in [1.165, 1.54) is 22.6 Å². The molecule has 0 aliphatic rings. The second-order valence-corrected chi connectivity index (χ2v) is 7.14. The highest BCUT2D eigenvalue weighted by atomic mass is 19.3. The molecular formula is C22H30F2N3O2+. The quantitative estimate of drug-likeness (QED) is 0.601. The fourth-order valence-corrected chi connectivity index (χ4v) is 2.99. The van der Waals surface area contributed by atoms with Gasteiger partial charge in [-0.15, -0.1) is 0 Å². The molecule has 0 spiro atoms. The minimum absolute atomic E-state index is 0.00409. The van der Waals surface area contributed by atoms with E-state index in [-0.39, 0.29) is 11.7 Å². The van der Waals surface area contributed by atoms with Crippen LogP contribution < -0.4 is 19.9 Å². The Morgan fingerprint density at radius 2 is 1.69 bits per heavy atom. The molecule has 0 saturated carbocycles. The maximum absolute atomic E-state index is 12.3. The van der Waals surface area contributed by atoms with E-state index in [1.54, 1.807) is 12.1 Å². The van der Waals surface area contributed by atoms with E-state index < -0.39 is 6.61 Å². The normalized spacial score (nSPS) is 11.9. The molecule has 1 unspecified atom stereocenters. The van der Waals surface area contributed by atoms with Gasteiger partial charge in [0.1, 0.15) is 12.3 Å². The molecule has 7 heteroatoms. The van der Waals surface area contributed by atoms with Crippen LogP contribution in [0, 0.1) is 0 Å². The fourth-order valence-electron chi connectivity index (χ4n) is 2.99. The molecule has 0 heterocycles. The number of rotatable bonds is 11. The van der Waals surface area contributed by atoms with Gasteiger partial charge >= 0.3 is 6.61 Å². The average Bonchev–Trinajstić information content (AvgIpc) is 2.68. The lowest BCUT2D eigenvalue weighted by Crippen LogP contribution is -3.11. The number of benzene rings is 2. The van der Waals surface area contributed by atoms with Crippen molar-refractivity contribution in [2.45, 2.75) is 26.5 Å². The van der Waals surface area contributed by atoms with Crippen molar-refractivity contribution in [2.24, 2.45) is 0 Å². The minimum Gasteiger partial charge on any atom is -0.435 e. The predicted octanol–water partition coefficient (Wildman–Crippen LogP) is 2.12. The second kappa shape index (κ2) is 11.4. The largest absolute Gasteiger partial charge is 0.435 e. The molecule has 0 aromatic heterocycles. The molecule has 0 aliphatic carbocycles. The summed E-state index contributed by atoms with van der Waals surface area (Å²) in [6.45, 7) is 1.81.